The minimum absolute atomic E-state index is 0.147. The van der Waals surface area contributed by atoms with Gasteiger partial charge in [-0.25, -0.2) is 4.79 Å². The summed E-state index contributed by atoms with van der Waals surface area (Å²) in [5.41, 5.74) is 1.35. The Balaban J connectivity index is 1.91. The Morgan fingerprint density at radius 1 is 1.14 bits per heavy atom. The minimum atomic E-state index is -0.480. The van der Waals surface area contributed by atoms with Crippen LogP contribution in [0.5, 0.6) is 0 Å². The van der Waals surface area contributed by atoms with Crippen LogP contribution in [0.2, 0.25) is 5.02 Å². The van der Waals surface area contributed by atoms with Crippen LogP contribution in [0.1, 0.15) is 11.3 Å². The van der Waals surface area contributed by atoms with Crippen molar-refractivity contribution in [3.63, 3.8) is 0 Å². The fraction of sp³-hybridized carbons (Fsp3) is 0.312. The van der Waals surface area contributed by atoms with Gasteiger partial charge in [0.2, 0.25) is 0 Å². The maximum absolute atomic E-state index is 11.9. The SMILES string of the molecule is O=c1oc(Cc2ccccc2)cc(N2CCOCC2)c1Cl. The first-order valence-electron chi connectivity index (χ1n) is 6.93. The van der Waals surface area contributed by atoms with E-state index in [-0.39, 0.29) is 5.02 Å². The quantitative estimate of drug-likeness (QED) is 0.874. The van der Waals surface area contributed by atoms with E-state index >= 15 is 0 Å². The van der Waals surface area contributed by atoms with Gasteiger partial charge in [0.25, 0.3) is 0 Å². The van der Waals surface area contributed by atoms with E-state index in [0.717, 1.165) is 24.3 Å². The summed E-state index contributed by atoms with van der Waals surface area (Å²) >= 11 is 6.11. The van der Waals surface area contributed by atoms with E-state index in [2.05, 4.69) is 4.90 Å². The van der Waals surface area contributed by atoms with Gasteiger partial charge in [0.05, 0.1) is 18.9 Å². The molecule has 0 radical (unpaired) electrons. The van der Waals surface area contributed by atoms with Crippen LogP contribution in [0, 0.1) is 0 Å². The second kappa shape index (κ2) is 6.33. The molecule has 1 fully saturated rings. The summed E-state index contributed by atoms with van der Waals surface area (Å²) in [5, 5.41) is 0.147. The molecule has 0 unspecified atom stereocenters. The van der Waals surface area contributed by atoms with Gasteiger partial charge in [-0.05, 0) is 5.56 Å². The lowest BCUT2D eigenvalue weighted by molar-refractivity contribution is 0.122. The average Bonchev–Trinajstić information content (AvgIpc) is 2.52. The Morgan fingerprint density at radius 2 is 1.86 bits per heavy atom. The molecule has 1 saturated heterocycles. The number of anilines is 1. The number of rotatable bonds is 3. The van der Waals surface area contributed by atoms with Gasteiger partial charge in [-0.1, -0.05) is 41.9 Å². The standard InChI is InChI=1S/C16H16ClNO3/c17-15-14(18-6-8-20-9-7-18)11-13(21-16(15)19)10-12-4-2-1-3-5-12/h1-5,11H,6-10H2. The van der Waals surface area contributed by atoms with Crippen LogP contribution < -0.4 is 10.5 Å². The molecular weight excluding hydrogens is 290 g/mol. The highest BCUT2D eigenvalue weighted by atomic mass is 35.5. The van der Waals surface area contributed by atoms with Crippen LogP contribution in [0.3, 0.4) is 0 Å². The third-order valence-electron chi connectivity index (χ3n) is 3.50. The Bertz CT molecular complexity index is 663. The van der Waals surface area contributed by atoms with E-state index in [4.69, 9.17) is 20.8 Å². The third-order valence-corrected chi connectivity index (χ3v) is 3.85. The molecule has 5 heteroatoms. The molecule has 110 valence electrons. The molecular formula is C16H16ClNO3. The van der Waals surface area contributed by atoms with Crippen molar-refractivity contribution in [3.8, 4) is 0 Å². The van der Waals surface area contributed by atoms with E-state index in [9.17, 15) is 4.79 Å². The topological polar surface area (TPSA) is 42.7 Å². The van der Waals surface area contributed by atoms with E-state index in [1.165, 1.54) is 0 Å². The molecule has 0 aliphatic carbocycles. The van der Waals surface area contributed by atoms with Gasteiger partial charge in [0, 0.05) is 25.6 Å². The van der Waals surface area contributed by atoms with Crippen LogP contribution in [0.15, 0.2) is 45.6 Å². The molecule has 0 atom stereocenters. The Hall–Kier alpha value is -1.78. The second-order valence-electron chi connectivity index (χ2n) is 4.96. The van der Waals surface area contributed by atoms with Crippen molar-refractivity contribution in [2.24, 2.45) is 0 Å². The first-order valence-corrected chi connectivity index (χ1v) is 7.31. The van der Waals surface area contributed by atoms with Crippen LogP contribution in [-0.2, 0) is 11.2 Å². The molecule has 0 saturated carbocycles. The molecule has 2 heterocycles. The van der Waals surface area contributed by atoms with E-state index < -0.39 is 5.63 Å². The van der Waals surface area contributed by atoms with E-state index in [0.29, 0.717) is 25.4 Å². The van der Waals surface area contributed by atoms with Crippen LogP contribution >= 0.6 is 11.6 Å². The third kappa shape index (κ3) is 3.28. The summed E-state index contributed by atoms with van der Waals surface area (Å²) in [6.07, 6.45) is 0.574. The molecule has 0 spiro atoms. The summed E-state index contributed by atoms with van der Waals surface area (Å²) in [5.74, 6) is 0.622. The number of halogens is 1. The molecule has 0 amide bonds. The van der Waals surface area contributed by atoms with Gasteiger partial charge in [-0.2, -0.15) is 0 Å². The highest BCUT2D eigenvalue weighted by Gasteiger charge is 2.18. The fourth-order valence-electron chi connectivity index (χ4n) is 2.43. The van der Waals surface area contributed by atoms with Crippen molar-refractivity contribution >= 4 is 17.3 Å². The molecule has 4 nitrogen and oxygen atoms in total. The van der Waals surface area contributed by atoms with Crippen molar-refractivity contribution in [1.29, 1.82) is 0 Å². The zero-order valence-corrected chi connectivity index (χ0v) is 12.3. The normalized spacial score (nSPS) is 15.2. The summed E-state index contributed by atoms with van der Waals surface area (Å²) in [7, 11) is 0. The molecule has 3 rings (SSSR count). The maximum atomic E-state index is 11.9. The molecule has 0 N–H and O–H groups in total. The highest BCUT2D eigenvalue weighted by Crippen LogP contribution is 2.25. The van der Waals surface area contributed by atoms with Crippen molar-refractivity contribution < 1.29 is 9.15 Å². The number of benzene rings is 1. The van der Waals surface area contributed by atoms with Crippen molar-refractivity contribution in [2.75, 3.05) is 31.2 Å². The molecule has 1 aliphatic rings. The molecule has 1 aliphatic heterocycles. The fourth-order valence-corrected chi connectivity index (χ4v) is 2.64. The summed E-state index contributed by atoms with van der Waals surface area (Å²) in [6, 6.07) is 11.8. The predicted octanol–water partition coefficient (Wildman–Crippen LogP) is 2.72. The largest absolute Gasteiger partial charge is 0.426 e. The average molecular weight is 306 g/mol. The van der Waals surface area contributed by atoms with Gasteiger partial charge < -0.3 is 14.1 Å². The lowest BCUT2D eigenvalue weighted by atomic mass is 10.1. The summed E-state index contributed by atoms with van der Waals surface area (Å²) in [4.78, 5) is 14.0. The second-order valence-corrected chi connectivity index (χ2v) is 5.34. The van der Waals surface area contributed by atoms with E-state index in [1.54, 1.807) is 0 Å². The number of nitrogens with zero attached hydrogens (tertiary/aromatic N) is 1. The smallest absolute Gasteiger partial charge is 0.356 e. The Labute approximate surface area is 127 Å². The van der Waals surface area contributed by atoms with E-state index in [1.807, 2.05) is 36.4 Å². The van der Waals surface area contributed by atoms with Crippen LogP contribution in [0.25, 0.3) is 0 Å². The predicted molar refractivity (Wildman–Crippen MR) is 82.3 cm³/mol. The maximum Gasteiger partial charge on any atom is 0.356 e. The highest BCUT2D eigenvalue weighted by molar-refractivity contribution is 6.33. The lowest BCUT2D eigenvalue weighted by Crippen LogP contribution is -2.37. The number of hydrogen-bond donors (Lipinski definition) is 0. The lowest BCUT2D eigenvalue weighted by Gasteiger charge is -2.29. The summed E-state index contributed by atoms with van der Waals surface area (Å²) in [6.45, 7) is 2.75. The van der Waals surface area contributed by atoms with Gasteiger partial charge in [-0.15, -0.1) is 0 Å². The molecule has 1 aromatic carbocycles. The number of hydrogen-bond acceptors (Lipinski definition) is 4. The van der Waals surface area contributed by atoms with Crippen molar-refractivity contribution in [2.45, 2.75) is 6.42 Å². The molecule has 1 aromatic heterocycles. The van der Waals surface area contributed by atoms with Gasteiger partial charge in [0.15, 0.2) is 0 Å². The minimum Gasteiger partial charge on any atom is -0.426 e. The van der Waals surface area contributed by atoms with Crippen molar-refractivity contribution in [3.05, 3.63) is 63.2 Å². The molecule has 0 bridgehead atoms. The van der Waals surface area contributed by atoms with Crippen molar-refractivity contribution in [1.82, 2.24) is 0 Å². The first-order chi connectivity index (χ1) is 10.2. The zero-order chi connectivity index (χ0) is 14.7. The molecule has 21 heavy (non-hydrogen) atoms. The van der Waals surface area contributed by atoms with Crippen LogP contribution in [-0.4, -0.2) is 26.3 Å². The Morgan fingerprint density at radius 3 is 2.57 bits per heavy atom. The first kappa shape index (κ1) is 14.2. The van der Waals surface area contributed by atoms with Gasteiger partial charge >= 0.3 is 5.63 Å². The number of morpholine rings is 1. The van der Waals surface area contributed by atoms with Crippen LogP contribution in [0.4, 0.5) is 5.69 Å². The van der Waals surface area contributed by atoms with Gasteiger partial charge in [-0.3, -0.25) is 0 Å². The monoisotopic (exact) mass is 305 g/mol. The van der Waals surface area contributed by atoms with Gasteiger partial charge in [0.1, 0.15) is 10.8 Å². The zero-order valence-electron chi connectivity index (χ0n) is 11.5. The number of ether oxygens (including phenoxy) is 1. The Kier molecular flexibility index (Phi) is 4.27. The molecule has 2 aromatic rings. The summed E-state index contributed by atoms with van der Waals surface area (Å²) < 4.78 is 10.6.